The minimum absolute atomic E-state index is 0.0337. The summed E-state index contributed by atoms with van der Waals surface area (Å²) in [4.78, 5) is 0. The van der Waals surface area contributed by atoms with Gasteiger partial charge in [0.2, 0.25) is 0 Å². The van der Waals surface area contributed by atoms with Gasteiger partial charge in [-0.1, -0.05) is 0 Å². The van der Waals surface area contributed by atoms with E-state index in [0.717, 1.165) is 0 Å². The van der Waals surface area contributed by atoms with E-state index in [-0.39, 0.29) is 7.25 Å². The van der Waals surface area contributed by atoms with Gasteiger partial charge in [0.15, 0.2) is 0 Å². The van der Waals surface area contributed by atoms with Crippen molar-refractivity contribution in [2.24, 2.45) is 0 Å². The van der Waals surface area contributed by atoms with E-state index < -0.39 is 15.9 Å². The van der Waals surface area contributed by atoms with Crippen LogP contribution in [0.4, 0.5) is 0 Å². The third kappa shape index (κ3) is 2.79. The van der Waals surface area contributed by atoms with Crippen LogP contribution in [-0.4, -0.2) is 3.21 Å². The van der Waals surface area contributed by atoms with E-state index in [2.05, 4.69) is 111 Å². The molecule has 0 saturated heterocycles. The Kier molecular flexibility index (Phi) is 4.94. The molecule has 1 unspecified atom stereocenters. The molecule has 2 aliphatic rings. The topological polar surface area (TPSA) is 0 Å². The van der Waals surface area contributed by atoms with Crippen LogP contribution in [-0.2, 0) is 15.9 Å². The molecule has 0 bridgehead atoms. The molecule has 0 amide bonds. The van der Waals surface area contributed by atoms with Gasteiger partial charge >= 0.3 is 188 Å². The quantitative estimate of drug-likeness (QED) is 0.332. The molecule has 30 heavy (non-hydrogen) atoms. The summed E-state index contributed by atoms with van der Waals surface area (Å²) in [6.45, 7) is 4.31. The molecule has 0 saturated carbocycles. The van der Waals surface area contributed by atoms with Crippen molar-refractivity contribution in [1.29, 1.82) is 0 Å². The van der Waals surface area contributed by atoms with E-state index in [9.17, 15) is 0 Å². The summed E-state index contributed by atoms with van der Waals surface area (Å²) in [5.74, 6) is 0. The van der Waals surface area contributed by atoms with E-state index in [0.29, 0.717) is 0 Å². The van der Waals surface area contributed by atoms with Crippen LogP contribution in [0.25, 0.3) is 16.7 Å². The van der Waals surface area contributed by atoms with Crippen molar-refractivity contribution in [1.82, 2.24) is 0 Å². The van der Waals surface area contributed by atoms with Gasteiger partial charge in [-0.15, -0.1) is 0 Å². The zero-order valence-corrected chi connectivity index (χ0v) is 21.1. The van der Waals surface area contributed by atoms with Crippen molar-refractivity contribution in [2.45, 2.75) is 21.1 Å². The first-order chi connectivity index (χ1) is 14.4. The number of hydrogen-bond donors (Lipinski definition) is 0. The summed E-state index contributed by atoms with van der Waals surface area (Å²) < 4.78 is 1.27. The molecule has 0 radical (unpaired) electrons. The van der Waals surface area contributed by atoms with Crippen molar-refractivity contribution in [3.8, 4) is 11.1 Å². The predicted octanol–water partition coefficient (Wildman–Crippen LogP) is 8.41. The molecule has 5 rings (SSSR count). The van der Waals surface area contributed by atoms with Gasteiger partial charge in [-0.05, 0) is 0 Å². The van der Waals surface area contributed by atoms with Crippen molar-refractivity contribution in [3.63, 3.8) is 0 Å². The first-order valence-electron chi connectivity index (χ1n) is 10.4. The monoisotopic (exact) mass is 508 g/mol. The van der Waals surface area contributed by atoms with Gasteiger partial charge in [0.05, 0.1) is 0 Å². The summed E-state index contributed by atoms with van der Waals surface area (Å²) in [5.41, 5.74) is 7.55. The molecule has 150 valence electrons. The van der Waals surface area contributed by atoms with Crippen LogP contribution in [0.2, 0.25) is 3.63 Å². The standard InChI is InChI=1S/C13H9.C11H9.C3H6.2ClH.Zr/c1-3-7-12-10(5-1)9-11-6-2-4-8-13(11)12;1-2-6-10(7-3-1)11-8-4-5-9-11;1-3-2;;;/h1-9H;1-9H;1-2H3;2*1H;/q;;;;;+2/p-2. The average molecular weight is 511 g/mol. The molecular weight excluding hydrogens is 486 g/mol. The number of rotatable bonds is 3. The van der Waals surface area contributed by atoms with Crippen LogP contribution < -0.4 is 0 Å². The molecule has 0 heterocycles. The van der Waals surface area contributed by atoms with Crippen molar-refractivity contribution in [3.05, 3.63) is 114 Å². The van der Waals surface area contributed by atoms with Crippen LogP contribution in [0.3, 0.4) is 0 Å². The Hall–Kier alpha value is -1.53. The molecule has 3 heteroatoms. The molecule has 1 atom stereocenters. The Morgan fingerprint density at radius 3 is 1.83 bits per heavy atom. The number of hydrogen-bond acceptors (Lipinski definition) is 0. The first-order valence-corrected chi connectivity index (χ1v) is 20.8. The normalized spacial score (nSPS) is 18.2. The van der Waals surface area contributed by atoms with Crippen LogP contribution in [0.1, 0.15) is 34.2 Å². The fourth-order valence-corrected chi connectivity index (χ4v) is 21.4. The van der Waals surface area contributed by atoms with Crippen LogP contribution in [0.5, 0.6) is 0 Å². The summed E-state index contributed by atoms with van der Waals surface area (Å²) in [6, 6.07) is 27.9. The van der Waals surface area contributed by atoms with Crippen LogP contribution >= 0.6 is 17.0 Å². The molecule has 0 aromatic heterocycles. The third-order valence-electron chi connectivity index (χ3n) is 6.91. The van der Waals surface area contributed by atoms with Gasteiger partial charge < -0.3 is 0 Å². The summed E-state index contributed by atoms with van der Waals surface area (Å²) >= 11 is -4.69. The number of allylic oxidation sites excluding steroid dienone is 4. The molecule has 2 aliphatic carbocycles. The molecule has 0 N–H and O–H groups in total. The fraction of sp³-hybridized carbons (Fsp3) is 0.148. The van der Waals surface area contributed by atoms with Crippen LogP contribution in [0, 0.1) is 0 Å². The Bertz CT molecular complexity index is 1230. The number of halogens is 2. The molecule has 0 nitrogen and oxygen atoms in total. The fourth-order valence-electron chi connectivity index (χ4n) is 5.35. The van der Waals surface area contributed by atoms with Gasteiger partial charge in [-0.3, -0.25) is 0 Å². The maximum atomic E-state index is 7.99. The number of fused-ring (bicyclic) bond motifs is 3. The summed E-state index contributed by atoms with van der Waals surface area (Å²) in [6.07, 6.45) is 6.60. The minimum atomic E-state index is -4.69. The van der Waals surface area contributed by atoms with Crippen molar-refractivity contribution >= 4 is 25.8 Å². The van der Waals surface area contributed by atoms with E-state index in [1.54, 1.807) is 0 Å². The Morgan fingerprint density at radius 2 is 1.27 bits per heavy atom. The third-order valence-corrected chi connectivity index (χ3v) is 29.6. The van der Waals surface area contributed by atoms with Crippen molar-refractivity contribution in [2.75, 3.05) is 0 Å². The zero-order valence-electron chi connectivity index (χ0n) is 17.1. The first kappa shape index (κ1) is 20.4. The summed E-state index contributed by atoms with van der Waals surface area (Å²) in [7, 11) is 16.0. The molecule has 3 aromatic carbocycles. The van der Waals surface area contributed by atoms with Crippen molar-refractivity contribution < 1.29 is 15.9 Å². The van der Waals surface area contributed by atoms with E-state index in [1.807, 2.05) is 0 Å². The second-order valence-corrected chi connectivity index (χ2v) is 30.5. The van der Waals surface area contributed by atoms with Gasteiger partial charge in [0, 0.05) is 0 Å². The van der Waals surface area contributed by atoms with Gasteiger partial charge in [0.25, 0.3) is 0 Å². The molecule has 3 aromatic rings. The Morgan fingerprint density at radius 1 is 0.733 bits per heavy atom. The van der Waals surface area contributed by atoms with Gasteiger partial charge in [0.1, 0.15) is 0 Å². The molecule has 0 aliphatic heterocycles. The van der Waals surface area contributed by atoms with Crippen LogP contribution in [0.15, 0.2) is 97.1 Å². The van der Waals surface area contributed by atoms with E-state index in [4.69, 9.17) is 17.0 Å². The Balaban J connectivity index is 1.80. The second kappa shape index (κ2) is 7.27. The number of benzene rings is 3. The predicted molar refractivity (Wildman–Crippen MR) is 129 cm³/mol. The van der Waals surface area contributed by atoms with Gasteiger partial charge in [-0.25, -0.2) is 0 Å². The van der Waals surface area contributed by atoms with E-state index in [1.165, 1.54) is 36.6 Å². The molecule has 0 fully saturated rings. The van der Waals surface area contributed by atoms with Gasteiger partial charge in [-0.2, -0.15) is 0 Å². The SMILES string of the molecule is C[C](C)=[Zr]([Cl])([Cl])([CH]1C=CC=C1c1ccccc1)[CH]1c2ccccc2-c2ccccc21. The second-order valence-electron chi connectivity index (χ2n) is 8.61. The zero-order chi connectivity index (χ0) is 21.0. The van der Waals surface area contributed by atoms with E-state index >= 15 is 0 Å². The maximum absolute atomic E-state index is 7.99. The molecular formula is C27H24Cl2Zr. The average Bonchev–Trinajstić information content (AvgIpc) is 3.39. The summed E-state index contributed by atoms with van der Waals surface area (Å²) in [5, 5.41) is 0. The Labute approximate surface area is 186 Å². The molecule has 0 spiro atoms.